The van der Waals surface area contributed by atoms with Gasteiger partial charge in [-0.15, -0.1) is 0 Å². The number of pyridine rings is 2. The number of aliphatic hydroxyl groups excluding tert-OH is 1. The molecule has 1 saturated carbocycles. The Bertz CT molecular complexity index is 1730. The summed E-state index contributed by atoms with van der Waals surface area (Å²) < 4.78 is 21.8. The summed E-state index contributed by atoms with van der Waals surface area (Å²) in [5, 5.41) is 22.6. The van der Waals surface area contributed by atoms with E-state index in [1.165, 1.54) is 6.07 Å². The van der Waals surface area contributed by atoms with Crippen molar-refractivity contribution in [3.8, 4) is 11.4 Å². The van der Waals surface area contributed by atoms with Gasteiger partial charge in [-0.05, 0) is 67.7 Å². The van der Waals surface area contributed by atoms with Gasteiger partial charge in [-0.1, -0.05) is 6.92 Å². The maximum atomic E-state index is 15.1. The van der Waals surface area contributed by atoms with Gasteiger partial charge in [0.25, 0.3) is 11.5 Å². The molecule has 0 unspecified atom stereocenters. The van der Waals surface area contributed by atoms with Crippen molar-refractivity contribution >= 4 is 22.8 Å². The first-order valence-electron chi connectivity index (χ1n) is 13.8. The Hall–Kier alpha value is -3.63. The van der Waals surface area contributed by atoms with E-state index in [9.17, 15) is 24.6 Å². The predicted octanol–water partition coefficient (Wildman–Crippen LogP) is 2.74. The number of amides is 1. The number of esters is 1. The average molecular weight is 548 g/mol. The second-order valence-corrected chi connectivity index (χ2v) is 11.6. The predicted molar refractivity (Wildman–Crippen MR) is 142 cm³/mol. The molecule has 2 N–H and O–H groups in total. The average Bonchev–Trinajstić information content (AvgIpc) is 3.74. The quantitative estimate of drug-likeness (QED) is 0.377. The highest BCUT2D eigenvalue weighted by atomic mass is 19.1. The molecule has 9 nitrogen and oxygen atoms in total. The SMILES string of the molecule is CC[C@@]1(O)C(=O)OCc2c1cc1n(c2=O)Cc2c-1nc1cc(F)c(C)c3c1c2[C@@H](N(C)C(=O)[C@H](O)C1CC1)CC3. The van der Waals surface area contributed by atoms with Gasteiger partial charge in [-0.25, -0.2) is 14.2 Å². The third kappa shape index (κ3) is 3.26. The number of fused-ring (bicyclic) bond motifs is 5. The summed E-state index contributed by atoms with van der Waals surface area (Å²) in [4.78, 5) is 46.1. The minimum absolute atomic E-state index is 0.0249. The van der Waals surface area contributed by atoms with E-state index in [0.29, 0.717) is 35.3 Å². The number of cyclic esters (lactones) is 1. The van der Waals surface area contributed by atoms with Crippen LogP contribution in [0.5, 0.6) is 0 Å². The Morgan fingerprint density at radius 3 is 2.70 bits per heavy atom. The Kier molecular flexibility index (Phi) is 5.35. The van der Waals surface area contributed by atoms with Crippen LogP contribution in [0.4, 0.5) is 4.39 Å². The number of ether oxygens (including phenoxy) is 1. The zero-order valence-corrected chi connectivity index (χ0v) is 22.6. The van der Waals surface area contributed by atoms with E-state index < -0.39 is 23.7 Å². The highest BCUT2D eigenvalue weighted by molar-refractivity contribution is 5.94. The Balaban J connectivity index is 1.48. The smallest absolute Gasteiger partial charge is 0.343 e. The fourth-order valence-electron chi connectivity index (χ4n) is 6.89. The lowest BCUT2D eigenvalue weighted by Crippen LogP contribution is -2.44. The molecule has 2 aliphatic carbocycles. The zero-order chi connectivity index (χ0) is 28.2. The summed E-state index contributed by atoms with van der Waals surface area (Å²) >= 11 is 0. The summed E-state index contributed by atoms with van der Waals surface area (Å²) in [6, 6.07) is 2.61. The summed E-state index contributed by atoms with van der Waals surface area (Å²) in [5.41, 5.74) is 2.32. The first kappa shape index (κ1) is 25.3. The topological polar surface area (TPSA) is 122 Å². The van der Waals surface area contributed by atoms with Crippen LogP contribution in [0, 0.1) is 18.7 Å². The summed E-state index contributed by atoms with van der Waals surface area (Å²) in [7, 11) is 1.69. The van der Waals surface area contributed by atoms with Crippen molar-refractivity contribution in [1.82, 2.24) is 14.5 Å². The number of aliphatic hydroxyl groups is 2. The maximum absolute atomic E-state index is 15.1. The number of carbonyl (C=O) groups excluding carboxylic acids is 2. The van der Waals surface area contributed by atoms with E-state index in [1.54, 1.807) is 36.4 Å². The number of aromatic nitrogens is 2. The first-order valence-corrected chi connectivity index (χ1v) is 13.8. The van der Waals surface area contributed by atoms with Crippen LogP contribution in [-0.2, 0) is 39.5 Å². The maximum Gasteiger partial charge on any atom is 0.343 e. The molecule has 208 valence electrons. The van der Waals surface area contributed by atoms with Crippen LogP contribution in [0.15, 0.2) is 16.9 Å². The number of hydrogen-bond donors (Lipinski definition) is 2. The molecular formula is C30H30FN3O6. The molecular weight excluding hydrogens is 517 g/mol. The molecule has 0 saturated heterocycles. The fraction of sp³-hybridized carbons (Fsp3) is 0.467. The number of halogens is 1. The van der Waals surface area contributed by atoms with Crippen molar-refractivity contribution in [2.45, 2.75) is 76.9 Å². The standard InChI is InChI=1S/C30H30FN3O6/c1-4-30(39)18-9-22-25-16(11-34(22)27(36)17(18)12-40-29(30)38)24-21(33(3)28(37)26(35)14-5-6-14)8-7-15-13(2)19(31)10-20(32-25)23(15)24/h9-10,14,21,26,35,39H,4-8,11-12H2,1-3H3/t21-,26+,30-/m0/s1. The van der Waals surface area contributed by atoms with Crippen molar-refractivity contribution in [1.29, 1.82) is 0 Å². The first-order chi connectivity index (χ1) is 19.1. The Labute approximate surface area is 229 Å². The summed E-state index contributed by atoms with van der Waals surface area (Å²) in [5.74, 6) is -1.55. The van der Waals surface area contributed by atoms with Gasteiger partial charge in [0.2, 0.25) is 0 Å². The second-order valence-electron chi connectivity index (χ2n) is 11.6. The number of rotatable bonds is 4. The number of carbonyl (C=O) groups is 2. The van der Waals surface area contributed by atoms with Gasteiger partial charge >= 0.3 is 5.97 Å². The zero-order valence-electron chi connectivity index (χ0n) is 22.6. The number of benzene rings is 1. The monoisotopic (exact) mass is 547 g/mol. The molecule has 0 radical (unpaired) electrons. The van der Waals surface area contributed by atoms with Crippen molar-refractivity contribution in [2.75, 3.05) is 7.05 Å². The molecule has 1 fully saturated rings. The van der Waals surface area contributed by atoms with Crippen LogP contribution in [0.1, 0.15) is 72.0 Å². The van der Waals surface area contributed by atoms with Crippen molar-refractivity contribution < 1.29 is 28.9 Å². The summed E-state index contributed by atoms with van der Waals surface area (Å²) in [6.45, 7) is 3.32. The van der Waals surface area contributed by atoms with Gasteiger partial charge < -0.3 is 24.4 Å². The molecule has 3 atom stereocenters. The molecule has 1 aromatic carbocycles. The largest absolute Gasteiger partial charge is 0.458 e. The van der Waals surface area contributed by atoms with Gasteiger partial charge in [0, 0.05) is 29.6 Å². The van der Waals surface area contributed by atoms with Gasteiger partial charge in [0.05, 0.1) is 35.1 Å². The third-order valence-electron chi connectivity index (χ3n) is 9.48. The van der Waals surface area contributed by atoms with Crippen molar-refractivity contribution in [2.24, 2.45) is 5.92 Å². The van der Waals surface area contributed by atoms with Crippen LogP contribution < -0.4 is 5.56 Å². The molecule has 7 rings (SSSR count). The van der Waals surface area contributed by atoms with Gasteiger partial charge in [-0.3, -0.25) is 9.59 Å². The van der Waals surface area contributed by atoms with Crippen LogP contribution in [0.2, 0.25) is 0 Å². The lowest BCUT2D eigenvalue weighted by Gasteiger charge is -2.36. The lowest BCUT2D eigenvalue weighted by atomic mass is 9.81. The van der Waals surface area contributed by atoms with Gasteiger partial charge in [0.15, 0.2) is 5.60 Å². The molecule has 10 heteroatoms. The lowest BCUT2D eigenvalue weighted by molar-refractivity contribution is -0.172. The normalized spacial score (nSPS) is 23.4. The molecule has 2 aliphatic heterocycles. The fourth-order valence-corrected chi connectivity index (χ4v) is 6.89. The second kappa shape index (κ2) is 8.44. The van der Waals surface area contributed by atoms with E-state index in [-0.39, 0.29) is 53.9 Å². The van der Waals surface area contributed by atoms with Gasteiger partial charge in [0.1, 0.15) is 18.5 Å². The van der Waals surface area contributed by atoms with E-state index in [2.05, 4.69) is 0 Å². The van der Waals surface area contributed by atoms with Crippen LogP contribution in [0.3, 0.4) is 0 Å². The molecule has 40 heavy (non-hydrogen) atoms. The van der Waals surface area contributed by atoms with Crippen LogP contribution >= 0.6 is 0 Å². The minimum Gasteiger partial charge on any atom is -0.458 e. The van der Waals surface area contributed by atoms with E-state index in [0.717, 1.165) is 34.9 Å². The van der Waals surface area contributed by atoms with Crippen LogP contribution in [0.25, 0.3) is 22.3 Å². The Morgan fingerprint density at radius 1 is 1.25 bits per heavy atom. The molecule has 1 amide bonds. The molecule has 4 aliphatic rings. The van der Waals surface area contributed by atoms with E-state index in [1.807, 2.05) is 0 Å². The molecule has 0 bridgehead atoms. The van der Waals surface area contributed by atoms with Gasteiger partial charge in [-0.2, -0.15) is 0 Å². The molecule has 0 spiro atoms. The number of nitrogens with zero attached hydrogens (tertiary/aromatic N) is 3. The highest BCUT2D eigenvalue weighted by Crippen LogP contribution is 2.47. The van der Waals surface area contributed by atoms with Crippen molar-refractivity contribution in [3.05, 3.63) is 61.7 Å². The third-order valence-corrected chi connectivity index (χ3v) is 9.48. The molecule has 3 aromatic rings. The molecule has 2 aromatic heterocycles. The highest BCUT2D eigenvalue weighted by Gasteiger charge is 2.46. The minimum atomic E-state index is -1.96. The number of likely N-dealkylation sites (N-methyl/N-ethyl adjacent to an activating group) is 1. The van der Waals surface area contributed by atoms with Crippen molar-refractivity contribution in [3.63, 3.8) is 0 Å². The van der Waals surface area contributed by atoms with E-state index in [4.69, 9.17) is 9.72 Å². The number of aryl methyl sites for hydroxylation is 1. The summed E-state index contributed by atoms with van der Waals surface area (Å²) in [6.07, 6.45) is 1.67. The Morgan fingerprint density at radius 2 is 2.00 bits per heavy atom. The molecule has 4 heterocycles. The van der Waals surface area contributed by atoms with Crippen LogP contribution in [-0.4, -0.2) is 49.7 Å². The number of hydrogen-bond acceptors (Lipinski definition) is 7. The van der Waals surface area contributed by atoms with E-state index >= 15 is 4.39 Å².